The highest BCUT2D eigenvalue weighted by molar-refractivity contribution is 5.86. The molecule has 0 bridgehead atoms. The first-order chi connectivity index (χ1) is 16.2. The van der Waals surface area contributed by atoms with Gasteiger partial charge in [-0.15, -0.1) is 0 Å². The summed E-state index contributed by atoms with van der Waals surface area (Å²) in [6.07, 6.45) is 1.43. The number of anilines is 1. The van der Waals surface area contributed by atoms with E-state index in [1.807, 2.05) is 36.4 Å². The van der Waals surface area contributed by atoms with Gasteiger partial charge in [0.05, 0.1) is 13.2 Å². The second kappa shape index (κ2) is 9.81. The highest BCUT2D eigenvalue weighted by Crippen LogP contribution is 2.28. The van der Waals surface area contributed by atoms with Crippen molar-refractivity contribution in [2.24, 2.45) is 0 Å². The Labute approximate surface area is 195 Å². The first-order valence-corrected chi connectivity index (χ1v) is 11.4. The van der Waals surface area contributed by atoms with Crippen LogP contribution in [0.1, 0.15) is 22.3 Å². The number of morpholine rings is 1. The normalized spacial score (nSPS) is 13.5. The van der Waals surface area contributed by atoms with Crippen molar-refractivity contribution in [2.45, 2.75) is 12.8 Å². The standard InChI is InChI=1S/C30H27NO2/c32-30-22-26-12-9-24(8-4-7-23-5-2-1-3-6-23)19-27(26)21-28(30)20-25-10-13-29(14-11-25)31-15-17-33-18-16-31/h1-3,5-6,9-14,19,21-22,32H,7,15-18,20H2. The van der Waals surface area contributed by atoms with Gasteiger partial charge in [0.1, 0.15) is 5.75 Å². The number of benzene rings is 4. The molecule has 164 valence electrons. The highest BCUT2D eigenvalue weighted by Gasteiger charge is 2.11. The van der Waals surface area contributed by atoms with E-state index in [0.29, 0.717) is 12.2 Å². The molecule has 1 saturated heterocycles. The quantitative estimate of drug-likeness (QED) is 0.427. The third-order valence-corrected chi connectivity index (χ3v) is 6.11. The van der Waals surface area contributed by atoms with E-state index in [-0.39, 0.29) is 0 Å². The number of ether oxygens (including phenoxy) is 1. The molecule has 0 atom stereocenters. The molecular formula is C30H27NO2. The second-order valence-corrected chi connectivity index (χ2v) is 8.45. The molecule has 5 rings (SSSR count). The lowest BCUT2D eigenvalue weighted by Crippen LogP contribution is -2.36. The van der Waals surface area contributed by atoms with Crippen LogP contribution < -0.4 is 4.90 Å². The molecule has 4 aromatic rings. The van der Waals surface area contributed by atoms with Crippen molar-refractivity contribution < 1.29 is 9.84 Å². The Morgan fingerprint density at radius 2 is 1.58 bits per heavy atom. The number of rotatable bonds is 4. The van der Waals surface area contributed by atoms with Crippen molar-refractivity contribution in [1.29, 1.82) is 0 Å². The molecule has 0 radical (unpaired) electrons. The predicted molar refractivity (Wildman–Crippen MR) is 135 cm³/mol. The molecule has 33 heavy (non-hydrogen) atoms. The number of fused-ring (bicyclic) bond motifs is 1. The van der Waals surface area contributed by atoms with Crippen LogP contribution in [-0.2, 0) is 17.6 Å². The number of phenols is 1. The fraction of sp³-hybridized carbons (Fsp3) is 0.200. The zero-order valence-electron chi connectivity index (χ0n) is 18.6. The van der Waals surface area contributed by atoms with Gasteiger partial charge in [0.25, 0.3) is 0 Å². The van der Waals surface area contributed by atoms with Crippen LogP contribution in [0.3, 0.4) is 0 Å². The van der Waals surface area contributed by atoms with Crippen molar-refractivity contribution in [3.63, 3.8) is 0 Å². The van der Waals surface area contributed by atoms with Gasteiger partial charge in [-0.3, -0.25) is 0 Å². The summed E-state index contributed by atoms with van der Waals surface area (Å²) in [4.78, 5) is 2.35. The molecule has 1 fully saturated rings. The molecule has 4 aromatic carbocycles. The van der Waals surface area contributed by atoms with Crippen LogP contribution >= 0.6 is 0 Å². The molecule has 3 nitrogen and oxygen atoms in total. The summed E-state index contributed by atoms with van der Waals surface area (Å²) in [5, 5.41) is 12.7. The maximum absolute atomic E-state index is 10.6. The molecule has 0 aliphatic carbocycles. The van der Waals surface area contributed by atoms with Gasteiger partial charge in [0.2, 0.25) is 0 Å². The van der Waals surface area contributed by atoms with E-state index in [9.17, 15) is 5.11 Å². The summed E-state index contributed by atoms with van der Waals surface area (Å²) in [5.41, 5.74) is 5.54. The van der Waals surface area contributed by atoms with E-state index in [1.165, 1.54) is 16.8 Å². The smallest absolute Gasteiger partial charge is 0.119 e. The number of phenolic OH excluding ortho intramolecular Hbond substituents is 1. The van der Waals surface area contributed by atoms with Crippen LogP contribution in [0.4, 0.5) is 5.69 Å². The van der Waals surface area contributed by atoms with Crippen molar-refractivity contribution in [3.8, 4) is 17.6 Å². The van der Waals surface area contributed by atoms with Crippen molar-refractivity contribution in [2.75, 3.05) is 31.2 Å². The van der Waals surface area contributed by atoms with Gasteiger partial charge in [-0.05, 0) is 63.9 Å². The third-order valence-electron chi connectivity index (χ3n) is 6.11. The fourth-order valence-corrected chi connectivity index (χ4v) is 4.26. The lowest BCUT2D eigenvalue weighted by molar-refractivity contribution is 0.122. The SMILES string of the molecule is Oc1cc2ccc(C#CCc3ccccc3)cc2cc1Cc1ccc(N2CCOCC2)cc1. The summed E-state index contributed by atoms with van der Waals surface area (Å²) in [7, 11) is 0. The maximum Gasteiger partial charge on any atom is 0.119 e. The van der Waals surface area contributed by atoms with Gasteiger partial charge in [0, 0.05) is 37.2 Å². The average Bonchev–Trinajstić information content (AvgIpc) is 2.86. The van der Waals surface area contributed by atoms with Crippen molar-refractivity contribution in [3.05, 3.63) is 107 Å². The molecule has 3 heteroatoms. The highest BCUT2D eigenvalue weighted by atomic mass is 16.5. The average molecular weight is 434 g/mol. The number of hydrogen-bond donors (Lipinski definition) is 1. The van der Waals surface area contributed by atoms with E-state index in [0.717, 1.165) is 54.6 Å². The minimum absolute atomic E-state index is 0.336. The second-order valence-electron chi connectivity index (χ2n) is 8.45. The zero-order valence-corrected chi connectivity index (χ0v) is 18.6. The number of aromatic hydroxyl groups is 1. The lowest BCUT2D eigenvalue weighted by atomic mass is 9.98. The zero-order chi connectivity index (χ0) is 22.5. The Hall–Kier alpha value is -3.74. The summed E-state index contributed by atoms with van der Waals surface area (Å²) in [6.45, 7) is 3.43. The monoisotopic (exact) mass is 433 g/mol. The molecule has 1 N–H and O–H groups in total. The molecule has 0 aromatic heterocycles. The summed E-state index contributed by atoms with van der Waals surface area (Å²) >= 11 is 0. The van der Waals surface area contributed by atoms with E-state index >= 15 is 0 Å². The van der Waals surface area contributed by atoms with Gasteiger partial charge in [-0.1, -0.05) is 60.4 Å². The lowest BCUT2D eigenvalue weighted by Gasteiger charge is -2.28. The maximum atomic E-state index is 10.6. The van der Waals surface area contributed by atoms with E-state index in [4.69, 9.17) is 4.74 Å². The fourth-order valence-electron chi connectivity index (χ4n) is 4.26. The molecule has 0 spiro atoms. The molecule has 0 unspecified atom stereocenters. The first kappa shape index (κ1) is 21.1. The van der Waals surface area contributed by atoms with Crippen molar-refractivity contribution >= 4 is 16.5 Å². The molecule has 0 saturated carbocycles. The minimum atomic E-state index is 0.336. The van der Waals surface area contributed by atoms with Crippen LogP contribution in [0.2, 0.25) is 0 Å². The van der Waals surface area contributed by atoms with Crippen LogP contribution in [0.15, 0.2) is 84.9 Å². The molecule has 1 aliphatic heterocycles. The number of hydrogen-bond acceptors (Lipinski definition) is 3. The Morgan fingerprint density at radius 1 is 0.788 bits per heavy atom. The van der Waals surface area contributed by atoms with Crippen molar-refractivity contribution in [1.82, 2.24) is 0 Å². The molecule has 1 heterocycles. The van der Waals surface area contributed by atoms with E-state index in [2.05, 4.69) is 65.3 Å². The Morgan fingerprint density at radius 3 is 2.36 bits per heavy atom. The minimum Gasteiger partial charge on any atom is -0.508 e. The van der Waals surface area contributed by atoms with E-state index < -0.39 is 0 Å². The van der Waals surface area contributed by atoms with Gasteiger partial charge >= 0.3 is 0 Å². The molecule has 1 aliphatic rings. The van der Waals surface area contributed by atoms with Crippen LogP contribution in [-0.4, -0.2) is 31.4 Å². The summed E-state index contributed by atoms with van der Waals surface area (Å²) in [5.74, 6) is 6.89. The number of nitrogens with zero attached hydrogens (tertiary/aromatic N) is 1. The molecular weight excluding hydrogens is 406 g/mol. The topological polar surface area (TPSA) is 32.7 Å². The summed E-state index contributed by atoms with van der Waals surface area (Å²) in [6, 6.07) is 29.0. The van der Waals surface area contributed by atoms with Crippen LogP contribution in [0, 0.1) is 11.8 Å². The third kappa shape index (κ3) is 5.19. The van der Waals surface area contributed by atoms with Gasteiger partial charge < -0.3 is 14.7 Å². The Kier molecular flexibility index (Phi) is 6.28. The van der Waals surface area contributed by atoms with Gasteiger partial charge in [0.15, 0.2) is 0 Å². The summed E-state index contributed by atoms with van der Waals surface area (Å²) < 4.78 is 5.44. The Bertz CT molecular complexity index is 1290. The molecule has 0 amide bonds. The Balaban J connectivity index is 1.33. The van der Waals surface area contributed by atoms with Crippen LogP contribution in [0.5, 0.6) is 5.75 Å². The largest absolute Gasteiger partial charge is 0.508 e. The predicted octanol–water partition coefficient (Wildman–Crippen LogP) is 5.57. The first-order valence-electron chi connectivity index (χ1n) is 11.4. The van der Waals surface area contributed by atoms with Gasteiger partial charge in [-0.2, -0.15) is 0 Å². The van der Waals surface area contributed by atoms with Gasteiger partial charge in [-0.25, -0.2) is 0 Å². The van der Waals surface area contributed by atoms with Crippen LogP contribution in [0.25, 0.3) is 10.8 Å². The van der Waals surface area contributed by atoms with E-state index in [1.54, 1.807) is 0 Å².